The number of hydrogen-bond donors (Lipinski definition) is 1. The van der Waals surface area contributed by atoms with Gasteiger partial charge in [0.05, 0.1) is 7.11 Å². The highest BCUT2D eigenvalue weighted by molar-refractivity contribution is 5.72. The van der Waals surface area contributed by atoms with E-state index in [0.29, 0.717) is 6.54 Å². The van der Waals surface area contributed by atoms with Crippen molar-refractivity contribution in [3.8, 4) is 5.75 Å². The van der Waals surface area contributed by atoms with Crippen molar-refractivity contribution in [3.05, 3.63) is 107 Å². The molecule has 4 nitrogen and oxygen atoms in total. The maximum Gasteiger partial charge on any atom is 0.216 e. The third kappa shape index (κ3) is 5.96. The molecule has 1 atom stereocenters. The van der Waals surface area contributed by atoms with Crippen molar-refractivity contribution in [2.75, 3.05) is 26.7 Å². The van der Waals surface area contributed by atoms with E-state index in [4.69, 9.17) is 4.74 Å². The zero-order valence-electron chi connectivity index (χ0n) is 23.5. The molecule has 1 amide bonds. The second-order valence-electron chi connectivity index (χ2n) is 11.3. The summed E-state index contributed by atoms with van der Waals surface area (Å²) in [5.74, 6) is 0.953. The summed E-state index contributed by atoms with van der Waals surface area (Å²) < 4.78 is 5.47. The van der Waals surface area contributed by atoms with Gasteiger partial charge in [0.15, 0.2) is 0 Å². The van der Waals surface area contributed by atoms with Gasteiger partial charge < -0.3 is 10.1 Å². The van der Waals surface area contributed by atoms with Crippen molar-refractivity contribution in [3.63, 3.8) is 0 Å². The molecule has 0 bridgehead atoms. The summed E-state index contributed by atoms with van der Waals surface area (Å²) in [4.78, 5) is 14.5. The predicted molar refractivity (Wildman–Crippen MR) is 160 cm³/mol. The Balaban J connectivity index is 1.39. The molecule has 4 heteroatoms. The molecule has 1 spiro atoms. The molecule has 5 rings (SSSR count). The summed E-state index contributed by atoms with van der Waals surface area (Å²) >= 11 is 0. The molecule has 0 aromatic heterocycles. The Hall–Kier alpha value is -3.37. The molecule has 3 aromatic rings. The number of carbonyl (C=O) groups is 1. The molecule has 1 aliphatic heterocycles. The minimum absolute atomic E-state index is 0.0299. The summed E-state index contributed by atoms with van der Waals surface area (Å²) in [5, 5.41) is 3.08. The first-order valence-electron chi connectivity index (χ1n) is 14.5. The molecule has 0 saturated carbocycles. The van der Waals surface area contributed by atoms with Crippen molar-refractivity contribution in [1.29, 1.82) is 0 Å². The van der Waals surface area contributed by atoms with Crippen LogP contribution in [0.5, 0.6) is 5.75 Å². The van der Waals surface area contributed by atoms with Gasteiger partial charge in [0, 0.05) is 24.4 Å². The summed E-state index contributed by atoms with van der Waals surface area (Å²) in [6.07, 6.45) is 12.6. The van der Waals surface area contributed by atoms with Crippen molar-refractivity contribution in [2.24, 2.45) is 0 Å². The highest BCUT2D eigenvalue weighted by atomic mass is 16.5. The van der Waals surface area contributed by atoms with Crippen LogP contribution in [0, 0.1) is 0 Å². The highest BCUT2D eigenvalue weighted by Crippen LogP contribution is 2.42. The van der Waals surface area contributed by atoms with Crippen LogP contribution in [0.15, 0.2) is 84.9 Å². The lowest BCUT2D eigenvalue weighted by atomic mass is 9.68. The van der Waals surface area contributed by atoms with Gasteiger partial charge in [-0.05, 0) is 86.0 Å². The average molecular weight is 523 g/mol. The zero-order chi connectivity index (χ0) is 27.1. The van der Waals surface area contributed by atoms with E-state index in [0.717, 1.165) is 44.5 Å². The van der Waals surface area contributed by atoms with E-state index in [2.05, 4.69) is 101 Å². The molecule has 3 aromatic carbocycles. The van der Waals surface area contributed by atoms with Crippen LogP contribution in [-0.2, 0) is 16.6 Å². The van der Waals surface area contributed by atoms with Crippen LogP contribution in [0.2, 0.25) is 0 Å². The maximum atomic E-state index is 11.8. The van der Waals surface area contributed by atoms with E-state index in [-0.39, 0.29) is 16.9 Å². The van der Waals surface area contributed by atoms with Gasteiger partial charge in [-0.15, -0.1) is 0 Å². The summed E-state index contributed by atoms with van der Waals surface area (Å²) in [6.45, 7) is 4.48. The number of nitrogens with zero attached hydrogens (tertiary/aromatic N) is 1. The summed E-state index contributed by atoms with van der Waals surface area (Å²) in [6, 6.07) is 28.3. The molecule has 204 valence electrons. The standard InChI is InChI=1S/C35H42N2O2/c1-28(38)36-23-22-35(31-12-5-3-6-13-31,32-14-7-4-8-15-32)20-11-25-37-24-10-9-19-34(37)21-18-29-26-33(39-2)17-16-30(29)27-34/h3-8,12-18,21,26H,9-11,19-20,22-25,27H2,1-2H3,(H,36,38). The van der Waals surface area contributed by atoms with E-state index >= 15 is 0 Å². The van der Waals surface area contributed by atoms with Crippen molar-refractivity contribution < 1.29 is 9.53 Å². The Morgan fingerprint density at radius 2 is 1.69 bits per heavy atom. The van der Waals surface area contributed by atoms with E-state index in [9.17, 15) is 4.79 Å². The minimum Gasteiger partial charge on any atom is -0.497 e. The van der Waals surface area contributed by atoms with Gasteiger partial charge in [0.25, 0.3) is 0 Å². The first kappa shape index (κ1) is 27.2. The Kier molecular flexibility index (Phi) is 8.52. The van der Waals surface area contributed by atoms with Crippen LogP contribution in [0.4, 0.5) is 0 Å². The summed E-state index contributed by atoms with van der Waals surface area (Å²) in [7, 11) is 1.74. The number of fused-ring (bicyclic) bond motifs is 1. The number of likely N-dealkylation sites (tertiary alicyclic amines) is 1. The van der Waals surface area contributed by atoms with Crippen LogP contribution in [0.25, 0.3) is 6.08 Å². The van der Waals surface area contributed by atoms with Crippen LogP contribution in [0.3, 0.4) is 0 Å². The number of piperidine rings is 1. The lowest BCUT2D eigenvalue weighted by molar-refractivity contribution is -0.119. The van der Waals surface area contributed by atoms with Crippen LogP contribution >= 0.6 is 0 Å². The van der Waals surface area contributed by atoms with Gasteiger partial charge in [-0.25, -0.2) is 0 Å². The Morgan fingerprint density at radius 1 is 0.974 bits per heavy atom. The number of rotatable bonds is 10. The van der Waals surface area contributed by atoms with Gasteiger partial charge in [-0.2, -0.15) is 0 Å². The maximum absolute atomic E-state index is 11.8. The molecular weight excluding hydrogens is 480 g/mol. The molecule has 1 unspecified atom stereocenters. The monoisotopic (exact) mass is 522 g/mol. The molecule has 2 aliphatic rings. The first-order chi connectivity index (χ1) is 19.0. The second-order valence-corrected chi connectivity index (χ2v) is 11.3. The molecule has 1 fully saturated rings. The number of nitrogens with one attached hydrogen (secondary N) is 1. The third-order valence-electron chi connectivity index (χ3n) is 8.95. The van der Waals surface area contributed by atoms with E-state index < -0.39 is 0 Å². The zero-order valence-corrected chi connectivity index (χ0v) is 23.5. The van der Waals surface area contributed by atoms with E-state index in [1.165, 1.54) is 41.5 Å². The molecule has 0 radical (unpaired) electrons. The summed E-state index contributed by atoms with van der Waals surface area (Å²) in [5.41, 5.74) is 5.31. The SMILES string of the molecule is COc1ccc2c(c1)C=CC1(CCCCN1CCCC(CCNC(C)=O)(c1ccccc1)c1ccccc1)C2. The third-order valence-corrected chi connectivity index (χ3v) is 8.95. The van der Waals surface area contributed by atoms with Gasteiger partial charge in [-0.3, -0.25) is 9.69 Å². The smallest absolute Gasteiger partial charge is 0.216 e. The topological polar surface area (TPSA) is 41.6 Å². The van der Waals surface area contributed by atoms with Crippen LogP contribution < -0.4 is 10.1 Å². The fourth-order valence-electron chi connectivity index (χ4n) is 6.89. The molecule has 1 aliphatic carbocycles. The predicted octanol–water partition coefficient (Wildman–Crippen LogP) is 6.78. The van der Waals surface area contributed by atoms with Gasteiger partial charge in [0.2, 0.25) is 5.91 Å². The van der Waals surface area contributed by atoms with Crippen molar-refractivity contribution >= 4 is 12.0 Å². The normalized spacial score (nSPS) is 19.0. The number of methoxy groups -OCH3 is 1. The lowest BCUT2D eigenvalue weighted by Crippen LogP contribution is -2.53. The highest BCUT2D eigenvalue weighted by Gasteiger charge is 2.39. The fraction of sp³-hybridized carbons (Fsp3) is 0.400. The van der Waals surface area contributed by atoms with Crippen molar-refractivity contribution in [2.45, 2.75) is 62.8 Å². The Labute approximate surface area is 234 Å². The molecule has 1 saturated heterocycles. The van der Waals surface area contributed by atoms with E-state index in [1.807, 2.05) is 0 Å². The first-order valence-corrected chi connectivity index (χ1v) is 14.5. The van der Waals surface area contributed by atoms with Gasteiger partial charge in [-0.1, -0.05) is 85.3 Å². The number of benzene rings is 3. The van der Waals surface area contributed by atoms with Crippen LogP contribution in [0.1, 0.15) is 67.7 Å². The van der Waals surface area contributed by atoms with Crippen LogP contribution in [-0.4, -0.2) is 43.1 Å². The minimum atomic E-state index is -0.153. The number of ether oxygens (including phenoxy) is 1. The molecular formula is C35H42N2O2. The van der Waals surface area contributed by atoms with E-state index in [1.54, 1.807) is 14.0 Å². The average Bonchev–Trinajstić information content (AvgIpc) is 2.98. The quantitative estimate of drug-likeness (QED) is 0.319. The Bertz CT molecular complexity index is 1230. The second kappa shape index (κ2) is 12.2. The Morgan fingerprint density at radius 3 is 2.36 bits per heavy atom. The van der Waals surface area contributed by atoms with Gasteiger partial charge in [0.1, 0.15) is 5.75 Å². The molecule has 1 N–H and O–H groups in total. The number of hydrogen-bond acceptors (Lipinski definition) is 3. The molecule has 39 heavy (non-hydrogen) atoms. The fourth-order valence-corrected chi connectivity index (χ4v) is 6.89. The lowest BCUT2D eigenvalue weighted by Gasteiger charge is -2.48. The number of carbonyl (C=O) groups excluding carboxylic acids is 1. The van der Waals surface area contributed by atoms with Crippen molar-refractivity contribution in [1.82, 2.24) is 10.2 Å². The molecule has 1 heterocycles. The van der Waals surface area contributed by atoms with Gasteiger partial charge >= 0.3 is 0 Å². The largest absolute Gasteiger partial charge is 0.497 e. The number of amides is 1.